The molecule has 7 nitrogen and oxygen atoms in total. The van der Waals surface area contributed by atoms with Crippen molar-refractivity contribution in [2.45, 2.75) is 26.4 Å². The number of rotatable bonds is 6. The average molecular weight is 483 g/mol. The molecule has 0 radical (unpaired) electrons. The van der Waals surface area contributed by atoms with Gasteiger partial charge in [0.15, 0.2) is 0 Å². The lowest BCUT2D eigenvalue weighted by molar-refractivity contribution is -0.139. The second-order valence-corrected chi connectivity index (χ2v) is 8.64. The number of amides is 3. The van der Waals surface area contributed by atoms with Gasteiger partial charge in [-0.1, -0.05) is 13.0 Å². The molecule has 156 valence electrons. The second kappa shape index (κ2) is 9.77. The maximum atomic E-state index is 12.7. The Balaban J connectivity index is 1.69. The molecule has 2 aliphatic heterocycles. The topological polar surface area (TPSA) is 76.2 Å². The van der Waals surface area contributed by atoms with Crippen molar-refractivity contribution in [3.05, 3.63) is 33.1 Å². The zero-order chi connectivity index (χ0) is 21.0. The zero-order valence-electron chi connectivity index (χ0n) is 16.4. The fraction of sp³-hybridized carbons (Fsp3) is 0.450. The first-order valence-electron chi connectivity index (χ1n) is 9.46. The summed E-state index contributed by atoms with van der Waals surface area (Å²) in [5.74, 6) is 0.0320. The molecule has 0 saturated carbocycles. The van der Waals surface area contributed by atoms with E-state index in [9.17, 15) is 14.4 Å². The quantitative estimate of drug-likeness (QED) is 0.577. The summed E-state index contributed by atoms with van der Waals surface area (Å²) in [5.41, 5.74) is 0.762. The Bertz CT molecular complexity index is 838. The number of hydrogen-bond acceptors (Lipinski definition) is 6. The molecule has 3 rings (SSSR count). The molecule has 0 unspecified atom stereocenters. The number of hydrogen-bond donors (Lipinski definition) is 0. The molecule has 3 amide bonds. The normalized spacial score (nSPS) is 19.8. The molecule has 1 atom stereocenters. The Kier molecular flexibility index (Phi) is 7.37. The van der Waals surface area contributed by atoms with Gasteiger partial charge in [0, 0.05) is 13.1 Å². The summed E-state index contributed by atoms with van der Waals surface area (Å²) in [6, 6.07) is 5.49. The van der Waals surface area contributed by atoms with Crippen molar-refractivity contribution in [2.75, 3.05) is 32.8 Å². The largest absolute Gasteiger partial charge is 0.490 e. The molecule has 2 fully saturated rings. The number of thioether (sulfide) groups is 1. The Hall–Kier alpha value is -1.84. The highest BCUT2D eigenvalue weighted by atomic mass is 79.9. The molecule has 1 aromatic rings. The van der Waals surface area contributed by atoms with Crippen LogP contribution in [0.5, 0.6) is 5.75 Å². The van der Waals surface area contributed by atoms with Crippen LogP contribution >= 0.6 is 27.7 Å². The molecule has 29 heavy (non-hydrogen) atoms. The minimum atomic E-state index is -0.447. The number of nitrogens with zero attached hydrogens (tertiary/aromatic N) is 2. The fourth-order valence-corrected chi connectivity index (χ4v) is 4.17. The van der Waals surface area contributed by atoms with Gasteiger partial charge in [-0.2, -0.15) is 0 Å². The van der Waals surface area contributed by atoms with E-state index >= 15 is 0 Å². The number of ether oxygens (including phenoxy) is 2. The lowest BCUT2D eigenvalue weighted by Crippen LogP contribution is -2.46. The molecule has 2 saturated heterocycles. The first kappa shape index (κ1) is 21.9. The summed E-state index contributed by atoms with van der Waals surface area (Å²) in [4.78, 5) is 40.2. The van der Waals surface area contributed by atoms with Crippen LogP contribution in [0.4, 0.5) is 4.79 Å². The Labute approximate surface area is 182 Å². The summed E-state index contributed by atoms with van der Waals surface area (Å²) in [6.45, 7) is 5.70. The molecule has 0 aromatic heterocycles. The maximum absolute atomic E-state index is 12.7. The van der Waals surface area contributed by atoms with E-state index in [1.807, 2.05) is 32.0 Å². The molecule has 2 aliphatic rings. The predicted molar refractivity (Wildman–Crippen MR) is 115 cm³/mol. The van der Waals surface area contributed by atoms with Crippen LogP contribution in [0.25, 0.3) is 6.08 Å². The third kappa shape index (κ3) is 5.40. The maximum Gasteiger partial charge on any atom is 0.294 e. The molecule has 0 aliphatic carbocycles. The standard InChI is InChI=1S/C20H23BrN2O5S/c1-3-13(2)28-16-5-4-14(10-15(16)21)11-17-19(25)23(20(26)29-17)12-18(24)22-6-8-27-9-7-22/h4-5,10-11,13H,3,6-9,12H2,1-2H3/b17-11+/t13-/m1/s1. The molecule has 0 spiro atoms. The van der Waals surface area contributed by atoms with Gasteiger partial charge in [0.05, 0.1) is 28.7 Å². The van der Waals surface area contributed by atoms with E-state index in [-0.39, 0.29) is 18.6 Å². The fourth-order valence-electron chi connectivity index (χ4n) is 2.84. The molecular weight excluding hydrogens is 460 g/mol. The third-order valence-electron chi connectivity index (χ3n) is 4.69. The van der Waals surface area contributed by atoms with Crippen LogP contribution in [-0.4, -0.2) is 65.8 Å². The van der Waals surface area contributed by atoms with Crippen LogP contribution in [0.2, 0.25) is 0 Å². The van der Waals surface area contributed by atoms with Crippen LogP contribution in [0.15, 0.2) is 27.6 Å². The number of morpholine rings is 1. The highest BCUT2D eigenvalue weighted by Gasteiger charge is 2.37. The Morgan fingerprint density at radius 1 is 1.34 bits per heavy atom. The van der Waals surface area contributed by atoms with E-state index in [4.69, 9.17) is 9.47 Å². The molecule has 2 heterocycles. The van der Waals surface area contributed by atoms with E-state index in [0.717, 1.165) is 38.9 Å². The minimum Gasteiger partial charge on any atom is -0.490 e. The SMILES string of the molecule is CC[C@@H](C)Oc1ccc(/C=C2/SC(=O)N(CC(=O)N3CCOCC3)C2=O)cc1Br. The van der Waals surface area contributed by atoms with Crippen molar-refractivity contribution < 1.29 is 23.9 Å². The van der Waals surface area contributed by atoms with Crippen molar-refractivity contribution in [3.8, 4) is 5.75 Å². The molecule has 0 N–H and O–H groups in total. The molecule has 0 bridgehead atoms. The smallest absolute Gasteiger partial charge is 0.294 e. The monoisotopic (exact) mass is 482 g/mol. The van der Waals surface area contributed by atoms with Gasteiger partial charge < -0.3 is 14.4 Å². The zero-order valence-corrected chi connectivity index (χ0v) is 18.8. The lowest BCUT2D eigenvalue weighted by atomic mass is 10.2. The third-order valence-corrected chi connectivity index (χ3v) is 6.21. The number of carbonyl (C=O) groups excluding carboxylic acids is 3. The summed E-state index contributed by atoms with van der Waals surface area (Å²) in [7, 11) is 0. The first-order chi connectivity index (χ1) is 13.9. The summed E-state index contributed by atoms with van der Waals surface area (Å²) in [6.07, 6.45) is 2.64. The van der Waals surface area contributed by atoms with Crippen molar-refractivity contribution in [1.82, 2.24) is 9.80 Å². The molecule has 9 heteroatoms. The lowest BCUT2D eigenvalue weighted by Gasteiger charge is -2.28. The molecular formula is C20H23BrN2O5S. The van der Waals surface area contributed by atoms with Gasteiger partial charge in [-0.15, -0.1) is 0 Å². The number of benzene rings is 1. The number of halogens is 1. The molecule has 1 aromatic carbocycles. The van der Waals surface area contributed by atoms with Gasteiger partial charge in [0.25, 0.3) is 11.1 Å². The van der Waals surface area contributed by atoms with E-state index in [0.29, 0.717) is 31.2 Å². The van der Waals surface area contributed by atoms with Crippen LogP contribution in [-0.2, 0) is 14.3 Å². The Morgan fingerprint density at radius 3 is 2.72 bits per heavy atom. The van der Waals surface area contributed by atoms with E-state index in [2.05, 4.69) is 15.9 Å². The van der Waals surface area contributed by atoms with Crippen molar-refractivity contribution in [2.24, 2.45) is 0 Å². The summed E-state index contributed by atoms with van der Waals surface area (Å²) < 4.78 is 11.8. The minimum absolute atomic E-state index is 0.0950. The van der Waals surface area contributed by atoms with Gasteiger partial charge in [-0.25, -0.2) is 0 Å². The van der Waals surface area contributed by atoms with Crippen molar-refractivity contribution in [3.63, 3.8) is 0 Å². The highest BCUT2D eigenvalue weighted by Crippen LogP contribution is 2.34. The predicted octanol–water partition coefficient (Wildman–Crippen LogP) is 3.52. The van der Waals surface area contributed by atoms with Gasteiger partial charge in [0.1, 0.15) is 12.3 Å². The van der Waals surface area contributed by atoms with Crippen molar-refractivity contribution in [1.29, 1.82) is 0 Å². The second-order valence-electron chi connectivity index (χ2n) is 6.79. The van der Waals surface area contributed by atoms with Gasteiger partial charge in [-0.3, -0.25) is 19.3 Å². The number of imide groups is 1. The van der Waals surface area contributed by atoms with Crippen LogP contribution in [0, 0.1) is 0 Å². The van der Waals surface area contributed by atoms with Gasteiger partial charge >= 0.3 is 0 Å². The number of carbonyl (C=O) groups is 3. The summed E-state index contributed by atoms with van der Waals surface area (Å²) in [5, 5.41) is -0.432. The Morgan fingerprint density at radius 2 is 2.07 bits per heavy atom. The van der Waals surface area contributed by atoms with E-state index in [1.165, 1.54) is 0 Å². The van der Waals surface area contributed by atoms with E-state index in [1.54, 1.807) is 11.0 Å². The average Bonchev–Trinajstić information content (AvgIpc) is 2.97. The first-order valence-corrected chi connectivity index (χ1v) is 11.1. The highest BCUT2D eigenvalue weighted by molar-refractivity contribution is 9.10. The van der Waals surface area contributed by atoms with Gasteiger partial charge in [-0.05, 0) is 64.8 Å². The van der Waals surface area contributed by atoms with Crippen LogP contribution in [0.3, 0.4) is 0 Å². The van der Waals surface area contributed by atoms with Gasteiger partial charge in [0.2, 0.25) is 5.91 Å². The van der Waals surface area contributed by atoms with E-state index < -0.39 is 11.1 Å². The van der Waals surface area contributed by atoms with Crippen molar-refractivity contribution >= 4 is 50.8 Å². The van der Waals surface area contributed by atoms with Crippen LogP contribution in [0.1, 0.15) is 25.8 Å². The summed E-state index contributed by atoms with van der Waals surface area (Å²) >= 11 is 4.33. The van der Waals surface area contributed by atoms with Crippen LogP contribution < -0.4 is 4.74 Å².